The number of ether oxygens (including phenoxy) is 1. The van der Waals surface area contributed by atoms with E-state index >= 15 is 0 Å². The Morgan fingerprint density at radius 2 is 2.20 bits per heavy atom. The summed E-state index contributed by atoms with van der Waals surface area (Å²) in [6.45, 7) is 4.13. The van der Waals surface area contributed by atoms with Crippen LogP contribution < -0.4 is 4.90 Å². The molecule has 6 heteroatoms. The molecule has 0 aliphatic heterocycles. The topological polar surface area (TPSA) is 72.7 Å². The van der Waals surface area contributed by atoms with Gasteiger partial charge in [0.25, 0.3) is 5.69 Å². The number of esters is 1. The Labute approximate surface area is 117 Å². The van der Waals surface area contributed by atoms with Gasteiger partial charge in [-0.05, 0) is 32.3 Å². The molecule has 20 heavy (non-hydrogen) atoms. The number of carbonyl (C=O) groups excluding carboxylic acids is 1. The van der Waals surface area contributed by atoms with Crippen molar-refractivity contribution in [2.45, 2.75) is 32.7 Å². The molecule has 0 N–H and O–H groups in total. The van der Waals surface area contributed by atoms with Crippen molar-refractivity contribution in [2.24, 2.45) is 0 Å². The number of benzene rings is 1. The van der Waals surface area contributed by atoms with Gasteiger partial charge in [-0.1, -0.05) is 6.07 Å². The minimum Gasteiger partial charge on any atom is -0.465 e. The molecule has 0 saturated heterocycles. The molecule has 1 aromatic carbocycles. The molecule has 2 rings (SSSR count). The molecule has 108 valence electrons. The molecule has 0 atom stereocenters. The smallest absolute Gasteiger partial charge is 0.325 e. The third-order valence-corrected chi connectivity index (χ3v) is 3.31. The number of rotatable bonds is 6. The Morgan fingerprint density at radius 3 is 2.75 bits per heavy atom. The summed E-state index contributed by atoms with van der Waals surface area (Å²) in [7, 11) is 0. The van der Waals surface area contributed by atoms with Crippen LogP contribution in [0.1, 0.15) is 25.3 Å². The fraction of sp³-hybridized carbons (Fsp3) is 0.500. The molecule has 1 aromatic rings. The van der Waals surface area contributed by atoms with Crippen LogP contribution >= 0.6 is 0 Å². The molecule has 1 saturated carbocycles. The molecule has 0 aromatic heterocycles. The zero-order valence-corrected chi connectivity index (χ0v) is 11.7. The lowest BCUT2D eigenvalue weighted by molar-refractivity contribution is -0.384. The van der Waals surface area contributed by atoms with E-state index in [1.54, 1.807) is 13.0 Å². The van der Waals surface area contributed by atoms with Gasteiger partial charge >= 0.3 is 5.97 Å². The highest BCUT2D eigenvalue weighted by Gasteiger charge is 2.32. The number of hydrogen-bond acceptors (Lipinski definition) is 5. The summed E-state index contributed by atoms with van der Waals surface area (Å²) >= 11 is 0. The first-order chi connectivity index (χ1) is 9.52. The molecule has 0 unspecified atom stereocenters. The van der Waals surface area contributed by atoms with Gasteiger partial charge in [-0.2, -0.15) is 0 Å². The number of nitro groups is 1. The van der Waals surface area contributed by atoms with Gasteiger partial charge in [0.15, 0.2) is 0 Å². The summed E-state index contributed by atoms with van der Waals surface area (Å²) in [5.41, 5.74) is 1.71. The number of anilines is 1. The first kappa shape index (κ1) is 14.3. The molecule has 0 bridgehead atoms. The van der Waals surface area contributed by atoms with E-state index in [-0.39, 0.29) is 24.2 Å². The summed E-state index contributed by atoms with van der Waals surface area (Å²) in [5.74, 6) is -0.301. The van der Waals surface area contributed by atoms with Crippen molar-refractivity contribution >= 4 is 17.3 Å². The predicted octanol–water partition coefficient (Wildman–Crippen LogP) is 2.44. The summed E-state index contributed by atoms with van der Waals surface area (Å²) in [6, 6.07) is 5.01. The minimum atomic E-state index is -0.418. The van der Waals surface area contributed by atoms with Crippen LogP contribution in [0.2, 0.25) is 0 Å². The monoisotopic (exact) mass is 278 g/mol. The summed E-state index contributed by atoms with van der Waals surface area (Å²) in [6.07, 6.45) is 2.00. The highest BCUT2D eigenvalue weighted by Crippen LogP contribution is 2.35. The number of nitro benzene ring substituents is 1. The lowest BCUT2D eigenvalue weighted by Gasteiger charge is -2.25. The molecule has 1 aliphatic carbocycles. The largest absolute Gasteiger partial charge is 0.465 e. The van der Waals surface area contributed by atoms with E-state index in [0.29, 0.717) is 6.61 Å². The van der Waals surface area contributed by atoms with Crippen LogP contribution in [0, 0.1) is 17.0 Å². The maximum atomic E-state index is 11.7. The zero-order chi connectivity index (χ0) is 14.7. The lowest BCUT2D eigenvalue weighted by Crippen LogP contribution is -2.33. The van der Waals surface area contributed by atoms with Crippen molar-refractivity contribution in [3.05, 3.63) is 33.9 Å². The van der Waals surface area contributed by atoms with Crippen molar-refractivity contribution in [3.63, 3.8) is 0 Å². The third kappa shape index (κ3) is 3.26. The van der Waals surface area contributed by atoms with Crippen LogP contribution in [0.3, 0.4) is 0 Å². The normalized spacial score (nSPS) is 13.9. The van der Waals surface area contributed by atoms with E-state index in [0.717, 1.165) is 24.1 Å². The number of nitrogens with zero attached hydrogens (tertiary/aromatic N) is 2. The van der Waals surface area contributed by atoms with Crippen LogP contribution in [-0.4, -0.2) is 30.1 Å². The van der Waals surface area contributed by atoms with E-state index in [2.05, 4.69) is 0 Å². The molecule has 1 fully saturated rings. The van der Waals surface area contributed by atoms with Gasteiger partial charge in [-0.25, -0.2) is 0 Å². The second-order valence-corrected chi connectivity index (χ2v) is 4.89. The maximum absolute atomic E-state index is 11.7. The Kier molecular flexibility index (Phi) is 4.22. The Hall–Kier alpha value is -2.11. The highest BCUT2D eigenvalue weighted by atomic mass is 16.6. The van der Waals surface area contributed by atoms with Gasteiger partial charge in [0, 0.05) is 23.9 Å². The van der Waals surface area contributed by atoms with Crippen LogP contribution in [0.15, 0.2) is 18.2 Å². The summed E-state index contributed by atoms with van der Waals surface area (Å²) in [4.78, 5) is 24.1. The maximum Gasteiger partial charge on any atom is 0.325 e. The average molecular weight is 278 g/mol. The molecular formula is C14H18N2O4. The molecule has 0 radical (unpaired) electrons. The van der Waals surface area contributed by atoms with Crippen molar-refractivity contribution in [3.8, 4) is 0 Å². The van der Waals surface area contributed by atoms with Crippen LogP contribution in [0.25, 0.3) is 0 Å². The number of carbonyl (C=O) groups is 1. The quantitative estimate of drug-likeness (QED) is 0.454. The van der Waals surface area contributed by atoms with E-state index in [9.17, 15) is 14.9 Å². The van der Waals surface area contributed by atoms with Crippen molar-refractivity contribution < 1.29 is 14.5 Å². The van der Waals surface area contributed by atoms with Gasteiger partial charge in [-0.15, -0.1) is 0 Å². The van der Waals surface area contributed by atoms with Crippen LogP contribution in [0.4, 0.5) is 11.4 Å². The summed E-state index contributed by atoms with van der Waals surface area (Å²) < 4.78 is 4.97. The Balaban J connectivity index is 2.26. The van der Waals surface area contributed by atoms with Gasteiger partial charge in [-0.3, -0.25) is 14.9 Å². The molecular weight excluding hydrogens is 260 g/mol. The fourth-order valence-corrected chi connectivity index (χ4v) is 2.16. The standard InChI is InChI=1S/C14H18N2O4/c1-3-20-14(17)9-15(11-6-7-11)13-8-12(16(18)19)5-4-10(13)2/h4-5,8,11H,3,6-7,9H2,1-2H3. The van der Waals surface area contributed by atoms with Crippen molar-refractivity contribution in [1.29, 1.82) is 0 Å². The van der Waals surface area contributed by atoms with E-state index in [1.807, 2.05) is 11.8 Å². The predicted molar refractivity (Wildman–Crippen MR) is 74.8 cm³/mol. The van der Waals surface area contributed by atoms with Crippen molar-refractivity contribution in [2.75, 3.05) is 18.1 Å². The van der Waals surface area contributed by atoms with E-state index in [4.69, 9.17) is 4.74 Å². The second kappa shape index (κ2) is 5.90. The molecule has 0 amide bonds. The SMILES string of the molecule is CCOC(=O)CN(c1cc([N+](=O)[O-])ccc1C)C1CC1. The van der Waals surface area contributed by atoms with Gasteiger partial charge in [0.05, 0.1) is 11.5 Å². The van der Waals surface area contributed by atoms with E-state index in [1.165, 1.54) is 12.1 Å². The molecule has 0 heterocycles. The minimum absolute atomic E-state index is 0.0418. The third-order valence-electron chi connectivity index (χ3n) is 3.31. The van der Waals surface area contributed by atoms with Gasteiger partial charge in [0.1, 0.15) is 6.54 Å². The number of aryl methyl sites for hydroxylation is 1. The number of hydrogen-bond donors (Lipinski definition) is 0. The lowest BCUT2D eigenvalue weighted by atomic mass is 10.1. The Morgan fingerprint density at radius 1 is 1.50 bits per heavy atom. The summed E-state index contributed by atoms with van der Waals surface area (Å²) in [5, 5.41) is 10.9. The van der Waals surface area contributed by atoms with Gasteiger partial charge < -0.3 is 9.64 Å². The molecule has 0 spiro atoms. The first-order valence-corrected chi connectivity index (χ1v) is 6.70. The molecule has 6 nitrogen and oxygen atoms in total. The highest BCUT2D eigenvalue weighted by molar-refractivity contribution is 5.77. The van der Waals surface area contributed by atoms with Gasteiger partial charge in [0.2, 0.25) is 0 Å². The van der Waals surface area contributed by atoms with Crippen molar-refractivity contribution in [1.82, 2.24) is 0 Å². The fourth-order valence-electron chi connectivity index (χ4n) is 2.16. The van der Waals surface area contributed by atoms with Crippen LogP contribution in [-0.2, 0) is 9.53 Å². The Bertz CT molecular complexity index is 526. The molecule has 1 aliphatic rings. The second-order valence-electron chi connectivity index (χ2n) is 4.89. The average Bonchev–Trinajstić information content (AvgIpc) is 3.21. The number of non-ortho nitro benzene ring substituents is 1. The van der Waals surface area contributed by atoms with Crippen LogP contribution in [0.5, 0.6) is 0 Å². The van der Waals surface area contributed by atoms with E-state index < -0.39 is 4.92 Å². The zero-order valence-electron chi connectivity index (χ0n) is 11.7. The first-order valence-electron chi connectivity index (χ1n) is 6.70.